The number of thioether (sulfide) groups is 1. The molecule has 0 fully saturated rings. The van der Waals surface area contributed by atoms with Gasteiger partial charge in [-0.2, -0.15) is 0 Å². The number of carbonyl (C=O) groups excluding carboxylic acids is 3. The van der Waals surface area contributed by atoms with Gasteiger partial charge in [0, 0.05) is 0 Å². The third-order valence-electron chi connectivity index (χ3n) is 2.07. The van der Waals surface area contributed by atoms with Crippen LogP contribution in [-0.4, -0.2) is 35.8 Å². The molecule has 0 aliphatic carbocycles. The zero-order valence-corrected chi connectivity index (χ0v) is 11.3. The van der Waals surface area contributed by atoms with Crippen LogP contribution in [0.2, 0.25) is 0 Å². The van der Waals surface area contributed by atoms with Gasteiger partial charge in [-0.25, -0.2) is 4.39 Å². The summed E-state index contributed by atoms with van der Waals surface area (Å²) in [5.74, 6) is -1.96. The summed E-state index contributed by atoms with van der Waals surface area (Å²) in [5, 5.41) is 4.68. The number of carbonyl (C=O) groups is 3. The van der Waals surface area contributed by atoms with E-state index in [4.69, 9.17) is 5.73 Å². The minimum atomic E-state index is -0.638. The third kappa shape index (κ3) is 6.19. The molecular formula is C12H14FN3O3S. The van der Waals surface area contributed by atoms with E-state index < -0.39 is 23.5 Å². The fourth-order valence-corrected chi connectivity index (χ4v) is 1.87. The van der Waals surface area contributed by atoms with Crippen molar-refractivity contribution in [1.82, 2.24) is 5.32 Å². The average Bonchev–Trinajstić information content (AvgIpc) is 2.39. The number of primary amides is 1. The minimum absolute atomic E-state index is 0.00166. The van der Waals surface area contributed by atoms with Crippen molar-refractivity contribution in [2.24, 2.45) is 5.73 Å². The highest BCUT2D eigenvalue weighted by Gasteiger charge is 2.08. The smallest absolute Gasteiger partial charge is 0.236 e. The Morgan fingerprint density at radius 2 is 1.80 bits per heavy atom. The van der Waals surface area contributed by atoms with E-state index in [0.717, 1.165) is 11.8 Å². The highest BCUT2D eigenvalue weighted by Crippen LogP contribution is 2.12. The van der Waals surface area contributed by atoms with E-state index in [2.05, 4.69) is 10.6 Å². The van der Waals surface area contributed by atoms with Crippen LogP contribution in [0.25, 0.3) is 0 Å². The molecular weight excluding hydrogens is 285 g/mol. The molecule has 0 spiro atoms. The number of anilines is 1. The lowest BCUT2D eigenvalue weighted by Crippen LogP contribution is -2.34. The average molecular weight is 299 g/mol. The van der Waals surface area contributed by atoms with E-state index in [1.54, 1.807) is 6.07 Å². The van der Waals surface area contributed by atoms with Crippen molar-refractivity contribution in [1.29, 1.82) is 0 Å². The molecule has 1 aromatic rings. The van der Waals surface area contributed by atoms with Gasteiger partial charge in [0.15, 0.2) is 0 Å². The molecule has 4 N–H and O–H groups in total. The lowest BCUT2D eigenvalue weighted by molar-refractivity contribution is -0.123. The minimum Gasteiger partial charge on any atom is -0.368 e. The molecule has 6 nitrogen and oxygen atoms in total. The van der Waals surface area contributed by atoms with E-state index in [9.17, 15) is 18.8 Å². The van der Waals surface area contributed by atoms with Crippen LogP contribution in [0.4, 0.5) is 10.1 Å². The van der Waals surface area contributed by atoms with Gasteiger partial charge in [0.25, 0.3) is 0 Å². The molecule has 0 radical (unpaired) electrons. The second-order valence-electron chi connectivity index (χ2n) is 3.76. The Kier molecular flexibility index (Phi) is 6.51. The summed E-state index contributed by atoms with van der Waals surface area (Å²) in [4.78, 5) is 33.1. The Balaban J connectivity index is 2.25. The van der Waals surface area contributed by atoms with Crippen molar-refractivity contribution in [3.05, 3.63) is 30.1 Å². The Labute approximate surface area is 119 Å². The van der Waals surface area contributed by atoms with Crippen molar-refractivity contribution in [2.45, 2.75) is 0 Å². The fraction of sp³-hybridized carbons (Fsp3) is 0.250. The van der Waals surface area contributed by atoms with Crippen molar-refractivity contribution in [3.63, 3.8) is 0 Å². The summed E-state index contributed by atoms with van der Waals surface area (Å²) < 4.78 is 13.2. The highest BCUT2D eigenvalue weighted by molar-refractivity contribution is 8.00. The largest absolute Gasteiger partial charge is 0.368 e. The van der Waals surface area contributed by atoms with Gasteiger partial charge in [-0.15, -0.1) is 11.8 Å². The van der Waals surface area contributed by atoms with E-state index in [1.165, 1.54) is 18.2 Å². The topological polar surface area (TPSA) is 101 Å². The first kappa shape index (κ1) is 16.0. The van der Waals surface area contributed by atoms with Crippen molar-refractivity contribution in [2.75, 3.05) is 23.4 Å². The number of nitrogens with two attached hydrogens (primary N) is 1. The Hall–Kier alpha value is -2.09. The molecule has 0 saturated heterocycles. The van der Waals surface area contributed by atoms with Crippen molar-refractivity contribution < 1.29 is 18.8 Å². The van der Waals surface area contributed by atoms with Gasteiger partial charge in [-0.3, -0.25) is 14.4 Å². The number of amides is 3. The first-order valence-electron chi connectivity index (χ1n) is 5.66. The molecule has 0 unspecified atom stereocenters. The van der Waals surface area contributed by atoms with E-state index in [-0.39, 0.29) is 23.7 Å². The van der Waals surface area contributed by atoms with Gasteiger partial charge in [0.2, 0.25) is 17.7 Å². The Morgan fingerprint density at radius 1 is 1.15 bits per heavy atom. The number of benzene rings is 1. The van der Waals surface area contributed by atoms with E-state index >= 15 is 0 Å². The van der Waals surface area contributed by atoms with Gasteiger partial charge in [-0.1, -0.05) is 12.1 Å². The molecule has 20 heavy (non-hydrogen) atoms. The van der Waals surface area contributed by atoms with Crippen LogP contribution in [0.5, 0.6) is 0 Å². The van der Waals surface area contributed by atoms with Crippen LogP contribution < -0.4 is 16.4 Å². The van der Waals surface area contributed by atoms with Crippen molar-refractivity contribution in [3.8, 4) is 0 Å². The molecule has 0 aliphatic rings. The number of hydrogen-bond donors (Lipinski definition) is 3. The first-order valence-corrected chi connectivity index (χ1v) is 6.81. The second kappa shape index (κ2) is 8.16. The number of hydrogen-bond acceptors (Lipinski definition) is 4. The molecule has 0 saturated carbocycles. The maximum Gasteiger partial charge on any atom is 0.236 e. The summed E-state index contributed by atoms with van der Waals surface area (Å²) in [6.45, 7) is -0.235. The molecule has 0 atom stereocenters. The van der Waals surface area contributed by atoms with Crippen LogP contribution >= 0.6 is 11.8 Å². The summed E-state index contributed by atoms with van der Waals surface area (Å²) in [5.41, 5.74) is 4.95. The molecule has 0 aliphatic heterocycles. The van der Waals surface area contributed by atoms with E-state index in [0.29, 0.717) is 0 Å². The number of halogens is 1. The van der Waals surface area contributed by atoms with Crippen LogP contribution in [-0.2, 0) is 14.4 Å². The number of para-hydroxylation sites is 1. The number of nitrogens with one attached hydrogen (secondary N) is 2. The SMILES string of the molecule is NC(=O)CNC(=O)CSCC(=O)Nc1ccccc1F. The van der Waals surface area contributed by atoms with Gasteiger partial charge in [0.05, 0.1) is 23.7 Å². The fourth-order valence-electron chi connectivity index (χ4n) is 1.22. The standard InChI is InChI=1S/C12H14FN3O3S/c13-8-3-1-2-4-9(8)16-12(19)7-20-6-11(18)15-5-10(14)17/h1-4H,5-7H2,(H2,14,17)(H,15,18)(H,16,19). The van der Waals surface area contributed by atoms with Gasteiger partial charge in [-0.05, 0) is 12.1 Å². The molecule has 108 valence electrons. The van der Waals surface area contributed by atoms with Crippen LogP contribution in [0, 0.1) is 5.82 Å². The lowest BCUT2D eigenvalue weighted by Gasteiger charge is -2.06. The Morgan fingerprint density at radius 3 is 2.45 bits per heavy atom. The van der Waals surface area contributed by atoms with Crippen LogP contribution in [0.3, 0.4) is 0 Å². The van der Waals surface area contributed by atoms with E-state index in [1.807, 2.05) is 0 Å². The Bertz CT molecular complexity index is 510. The quantitative estimate of drug-likeness (QED) is 0.664. The third-order valence-corrected chi connectivity index (χ3v) is 3.01. The molecule has 1 rings (SSSR count). The molecule has 0 aromatic heterocycles. The predicted octanol–water partition coefficient (Wildman–Crippen LogP) is 0.0989. The number of rotatable bonds is 7. The zero-order chi connectivity index (χ0) is 15.0. The summed E-state index contributed by atoms with van der Waals surface area (Å²) in [6.07, 6.45) is 0. The normalized spacial score (nSPS) is 9.85. The summed E-state index contributed by atoms with van der Waals surface area (Å²) in [6, 6.07) is 5.80. The summed E-state index contributed by atoms with van der Waals surface area (Å²) >= 11 is 1.05. The van der Waals surface area contributed by atoms with Crippen LogP contribution in [0.1, 0.15) is 0 Å². The molecule has 0 bridgehead atoms. The van der Waals surface area contributed by atoms with Gasteiger partial charge in [0.1, 0.15) is 5.82 Å². The second-order valence-corrected chi connectivity index (χ2v) is 4.75. The van der Waals surface area contributed by atoms with Crippen molar-refractivity contribution >= 4 is 35.2 Å². The van der Waals surface area contributed by atoms with Gasteiger partial charge >= 0.3 is 0 Å². The monoisotopic (exact) mass is 299 g/mol. The van der Waals surface area contributed by atoms with Gasteiger partial charge < -0.3 is 16.4 Å². The molecule has 0 heterocycles. The molecule has 3 amide bonds. The zero-order valence-electron chi connectivity index (χ0n) is 10.5. The lowest BCUT2D eigenvalue weighted by atomic mass is 10.3. The molecule has 1 aromatic carbocycles. The highest BCUT2D eigenvalue weighted by atomic mass is 32.2. The first-order chi connectivity index (χ1) is 9.49. The predicted molar refractivity (Wildman–Crippen MR) is 74.6 cm³/mol. The summed E-state index contributed by atoms with van der Waals surface area (Å²) in [7, 11) is 0. The molecule has 8 heteroatoms. The van der Waals surface area contributed by atoms with Crippen LogP contribution in [0.15, 0.2) is 24.3 Å². The maximum atomic E-state index is 13.2. The maximum absolute atomic E-state index is 13.2.